The van der Waals surface area contributed by atoms with E-state index in [0.29, 0.717) is 5.78 Å². The van der Waals surface area contributed by atoms with Gasteiger partial charge < -0.3 is 0 Å². The van der Waals surface area contributed by atoms with E-state index in [2.05, 4.69) is 31.2 Å². The summed E-state index contributed by atoms with van der Waals surface area (Å²) in [5.74, 6) is 0.444. The van der Waals surface area contributed by atoms with Crippen molar-refractivity contribution in [3.8, 4) is 0 Å². The van der Waals surface area contributed by atoms with Gasteiger partial charge in [0.05, 0.1) is 0 Å². The molecule has 0 unspecified atom stereocenters. The number of benzene rings is 1. The summed E-state index contributed by atoms with van der Waals surface area (Å²) in [5.41, 5.74) is 1.53. The third kappa shape index (κ3) is 2.18. The average molecular weight is 216 g/mol. The number of rotatable bonds is 4. The molecule has 86 valence electrons. The molecule has 0 spiro atoms. The van der Waals surface area contributed by atoms with Gasteiger partial charge in [0.2, 0.25) is 0 Å². The normalized spacial score (nSPS) is 24.9. The highest BCUT2D eigenvalue weighted by atomic mass is 16.1. The largest absolute Gasteiger partial charge is 0.300 e. The van der Waals surface area contributed by atoms with Crippen molar-refractivity contribution in [2.45, 2.75) is 50.9 Å². The molecule has 1 nitrogen and oxygen atoms in total. The van der Waals surface area contributed by atoms with Crippen LogP contribution < -0.4 is 0 Å². The van der Waals surface area contributed by atoms with Crippen molar-refractivity contribution in [3.05, 3.63) is 35.9 Å². The number of carbonyl (C=O) groups excluding carboxylic acids is 1. The van der Waals surface area contributed by atoms with Gasteiger partial charge in [0.15, 0.2) is 0 Å². The van der Waals surface area contributed by atoms with Gasteiger partial charge in [0, 0.05) is 18.3 Å². The Kier molecular flexibility index (Phi) is 3.42. The molecule has 1 aliphatic rings. The zero-order valence-corrected chi connectivity index (χ0v) is 10.0. The molecule has 1 heteroatoms. The van der Waals surface area contributed by atoms with Crippen molar-refractivity contribution in [2.75, 3.05) is 0 Å². The molecule has 1 aromatic rings. The maximum Gasteiger partial charge on any atom is 0.133 e. The molecule has 0 N–H and O–H groups in total. The van der Waals surface area contributed by atoms with E-state index in [1.54, 1.807) is 0 Å². The van der Waals surface area contributed by atoms with E-state index in [-0.39, 0.29) is 5.41 Å². The highest BCUT2D eigenvalue weighted by molar-refractivity contribution is 5.82. The molecule has 1 aliphatic carbocycles. The van der Waals surface area contributed by atoms with Crippen molar-refractivity contribution < 1.29 is 4.79 Å². The quantitative estimate of drug-likeness (QED) is 0.746. The van der Waals surface area contributed by atoms with E-state index in [0.717, 1.165) is 19.3 Å². The predicted octanol–water partition coefficient (Wildman–Crippen LogP) is 3.87. The van der Waals surface area contributed by atoms with Crippen LogP contribution in [0.1, 0.15) is 51.0 Å². The van der Waals surface area contributed by atoms with E-state index in [1.165, 1.54) is 24.8 Å². The zero-order chi connectivity index (χ0) is 11.4. The first-order valence-corrected chi connectivity index (χ1v) is 6.34. The molecule has 0 bridgehead atoms. The average Bonchev–Trinajstić information content (AvgIpc) is 2.71. The Hall–Kier alpha value is -1.11. The molecule has 0 aromatic heterocycles. The van der Waals surface area contributed by atoms with Crippen LogP contribution in [0.2, 0.25) is 0 Å². The van der Waals surface area contributed by atoms with Crippen LogP contribution in [0.4, 0.5) is 0 Å². The van der Waals surface area contributed by atoms with Crippen LogP contribution in [0, 0.1) is 0 Å². The summed E-state index contributed by atoms with van der Waals surface area (Å²) in [6.07, 6.45) is 6.19. The fourth-order valence-corrected chi connectivity index (χ4v) is 2.84. The Morgan fingerprint density at radius 3 is 2.56 bits per heavy atom. The molecule has 0 heterocycles. The molecular formula is C15H20O. The summed E-state index contributed by atoms with van der Waals surface area (Å²) in [6.45, 7) is 2.22. The number of ketones is 1. The number of unbranched alkanes of at least 4 members (excludes halogenated alkanes) is 1. The van der Waals surface area contributed by atoms with Crippen LogP contribution in [0.5, 0.6) is 0 Å². The van der Waals surface area contributed by atoms with Crippen LogP contribution in [0.3, 0.4) is 0 Å². The maximum absolute atomic E-state index is 11.6. The Labute approximate surface area is 97.9 Å². The van der Waals surface area contributed by atoms with Crippen LogP contribution >= 0.6 is 0 Å². The summed E-state index contributed by atoms with van der Waals surface area (Å²) in [5, 5.41) is 0. The number of Topliss-reactive ketones (excluding diaryl/α,β-unsaturated/α-hetero) is 1. The van der Waals surface area contributed by atoms with Crippen LogP contribution in [-0.2, 0) is 10.2 Å². The monoisotopic (exact) mass is 216 g/mol. The third-order valence-electron chi connectivity index (χ3n) is 3.81. The first kappa shape index (κ1) is 11.4. The second-order valence-corrected chi connectivity index (χ2v) is 4.97. The van der Waals surface area contributed by atoms with Crippen LogP contribution in [-0.4, -0.2) is 5.78 Å². The standard InChI is InChI=1S/C15H20O/c1-2-3-10-15(11-9-14(16)12-15)13-7-5-4-6-8-13/h4-8H,2-3,9-12H2,1H3/t15-/m1/s1. The van der Waals surface area contributed by atoms with Gasteiger partial charge in [-0.25, -0.2) is 0 Å². The summed E-state index contributed by atoms with van der Waals surface area (Å²) < 4.78 is 0. The summed E-state index contributed by atoms with van der Waals surface area (Å²) in [7, 11) is 0. The van der Waals surface area contributed by atoms with Gasteiger partial charge >= 0.3 is 0 Å². The van der Waals surface area contributed by atoms with Gasteiger partial charge in [-0.15, -0.1) is 0 Å². The number of hydrogen-bond donors (Lipinski definition) is 0. The van der Waals surface area contributed by atoms with E-state index >= 15 is 0 Å². The van der Waals surface area contributed by atoms with Gasteiger partial charge in [-0.2, -0.15) is 0 Å². The number of carbonyl (C=O) groups is 1. The van der Waals surface area contributed by atoms with Gasteiger partial charge in [0.25, 0.3) is 0 Å². The smallest absolute Gasteiger partial charge is 0.133 e. The molecule has 16 heavy (non-hydrogen) atoms. The third-order valence-corrected chi connectivity index (χ3v) is 3.81. The highest BCUT2D eigenvalue weighted by Crippen LogP contribution is 2.43. The minimum Gasteiger partial charge on any atom is -0.300 e. The Morgan fingerprint density at radius 1 is 1.25 bits per heavy atom. The van der Waals surface area contributed by atoms with Crippen LogP contribution in [0.15, 0.2) is 30.3 Å². The molecular weight excluding hydrogens is 196 g/mol. The molecule has 1 aromatic carbocycles. The Bertz CT molecular complexity index is 355. The van der Waals surface area contributed by atoms with Crippen molar-refractivity contribution in [3.63, 3.8) is 0 Å². The molecule has 1 atom stereocenters. The van der Waals surface area contributed by atoms with Gasteiger partial charge in [-0.3, -0.25) is 4.79 Å². The van der Waals surface area contributed by atoms with Crippen LogP contribution in [0.25, 0.3) is 0 Å². The second kappa shape index (κ2) is 4.82. The molecule has 0 radical (unpaired) electrons. The Morgan fingerprint density at radius 2 is 2.00 bits per heavy atom. The Balaban J connectivity index is 2.24. The summed E-state index contributed by atoms with van der Waals surface area (Å²) in [6, 6.07) is 10.6. The van der Waals surface area contributed by atoms with Crippen molar-refractivity contribution in [1.29, 1.82) is 0 Å². The minimum atomic E-state index is 0.161. The van der Waals surface area contributed by atoms with Crippen molar-refractivity contribution >= 4 is 5.78 Å². The lowest BCUT2D eigenvalue weighted by Crippen LogP contribution is -2.22. The first-order valence-electron chi connectivity index (χ1n) is 6.34. The molecule has 2 rings (SSSR count). The zero-order valence-electron chi connectivity index (χ0n) is 10.0. The molecule has 1 fully saturated rings. The first-order chi connectivity index (χ1) is 7.77. The summed E-state index contributed by atoms with van der Waals surface area (Å²) in [4.78, 5) is 11.6. The maximum atomic E-state index is 11.6. The molecule has 0 saturated heterocycles. The van der Waals surface area contributed by atoms with Crippen molar-refractivity contribution in [1.82, 2.24) is 0 Å². The SMILES string of the molecule is CCCC[C@@]1(c2ccccc2)CCC(=O)C1. The lowest BCUT2D eigenvalue weighted by molar-refractivity contribution is -0.117. The van der Waals surface area contributed by atoms with Gasteiger partial charge in [-0.1, -0.05) is 50.1 Å². The van der Waals surface area contributed by atoms with E-state index in [1.807, 2.05) is 6.07 Å². The van der Waals surface area contributed by atoms with Crippen molar-refractivity contribution in [2.24, 2.45) is 0 Å². The fraction of sp³-hybridized carbons (Fsp3) is 0.533. The lowest BCUT2D eigenvalue weighted by atomic mass is 9.75. The van der Waals surface area contributed by atoms with Gasteiger partial charge in [-0.05, 0) is 18.4 Å². The fourth-order valence-electron chi connectivity index (χ4n) is 2.84. The van der Waals surface area contributed by atoms with E-state index < -0.39 is 0 Å². The topological polar surface area (TPSA) is 17.1 Å². The van der Waals surface area contributed by atoms with Gasteiger partial charge in [0.1, 0.15) is 5.78 Å². The highest BCUT2D eigenvalue weighted by Gasteiger charge is 2.38. The lowest BCUT2D eigenvalue weighted by Gasteiger charge is -2.28. The molecule has 0 amide bonds. The number of hydrogen-bond acceptors (Lipinski definition) is 1. The molecule has 1 saturated carbocycles. The predicted molar refractivity (Wildman–Crippen MR) is 66.5 cm³/mol. The van der Waals surface area contributed by atoms with E-state index in [9.17, 15) is 4.79 Å². The van der Waals surface area contributed by atoms with E-state index in [4.69, 9.17) is 0 Å². The summed E-state index contributed by atoms with van der Waals surface area (Å²) >= 11 is 0. The minimum absolute atomic E-state index is 0.161. The second-order valence-electron chi connectivity index (χ2n) is 4.97. The molecule has 0 aliphatic heterocycles.